The molecule has 7 aromatic rings. The van der Waals surface area contributed by atoms with Gasteiger partial charge in [-0.25, -0.2) is 9.97 Å². The molecule has 0 N–H and O–H groups in total. The molecule has 6 aromatic carbocycles. The Morgan fingerprint density at radius 3 is 1.85 bits per heavy atom. The Balaban J connectivity index is 1.11. The van der Waals surface area contributed by atoms with E-state index in [1.807, 2.05) is 0 Å². The molecule has 0 atom stereocenters. The maximum atomic E-state index is 5.38. The van der Waals surface area contributed by atoms with E-state index in [0.29, 0.717) is 0 Å². The van der Waals surface area contributed by atoms with Crippen molar-refractivity contribution in [1.29, 1.82) is 0 Å². The van der Waals surface area contributed by atoms with Gasteiger partial charge in [0.1, 0.15) is 0 Å². The molecule has 0 aliphatic heterocycles. The summed E-state index contributed by atoms with van der Waals surface area (Å²) in [6, 6.07) is 53.5. The number of allylic oxidation sites excluding steroid dienone is 5. The molecule has 0 unspecified atom stereocenters. The smallest absolute Gasteiger partial charge is 0.160 e. The minimum Gasteiger partial charge on any atom is -0.228 e. The van der Waals surface area contributed by atoms with Gasteiger partial charge in [0, 0.05) is 16.7 Å². The lowest BCUT2D eigenvalue weighted by molar-refractivity contribution is 0.714. The third kappa shape index (κ3) is 4.58. The van der Waals surface area contributed by atoms with Crippen LogP contribution in [0.1, 0.15) is 52.6 Å². The molecule has 2 nitrogen and oxygen atoms in total. The SMILES string of the molecule is C1=CC2=C(CC1)C1(c3cc(-c4cc(-c5ccc(-c6ccccc6)cc5)nc(-c5ccc6c(c5)CCC=C6)n4)ccc32)c2ccccc2-c2ccccc21. The van der Waals surface area contributed by atoms with Gasteiger partial charge in [-0.1, -0.05) is 152 Å². The Kier molecular flexibility index (Phi) is 6.76. The first-order valence-electron chi connectivity index (χ1n) is 18.9. The van der Waals surface area contributed by atoms with Crippen LogP contribution in [0, 0.1) is 0 Å². The van der Waals surface area contributed by atoms with Crippen LogP contribution < -0.4 is 0 Å². The van der Waals surface area contributed by atoms with Crippen molar-refractivity contribution in [3.8, 4) is 56.2 Å². The fourth-order valence-electron chi connectivity index (χ4n) is 9.48. The van der Waals surface area contributed by atoms with E-state index in [4.69, 9.17) is 9.97 Å². The molecule has 0 fully saturated rings. The molecular weight excluding hydrogens is 641 g/mol. The predicted octanol–water partition coefficient (Wildman–Crippen LogP) is 12.5. The first-order chi connectivity index (χ1) is 26.3. The average molecular weight is 677 g/mol. The molecule has 53 heavy (non-hydrogen) atoms. The summed E-state index contributed by atoms with van der Waals surface area (Å²) in [7, 11) is 0. The largest absolute Gasteiger partial charge is 0.228 e. The molecule has 250 valence electrons. The van der Waals surface area contributed by atoms with E-state index in [9.17, 15) is 0 Å². The topological polar surface area (TPSA) is 25.8 Å². The number of rotatable bonds is 4. The first kappa shape index (κ1) is 30.3. The van der Waals surface area contributed by atoms with Crippen LogP contribution >= 0.6 is 0 Å². The highest BCUT2D eigenvalue weighted by Gasteiger charge is 2.52. The van der Waals surface area contributed by atoms with E-state index in [-0.39, 0.29) is 5.41 Å². The lowest BCUT2D eigenvalue weighted by Gasteiger charge is -2.33. The lowest BCUT2D eigenvalue weighted by atomic mass is 9.68. The lowest BCUT2D eigenvalue weighted by Crippen LogP contribution is -2.27. The second-order valence-electron chi connectivity index (χ2n) is 14.7. The molecule has 11 rings (SSSR count). The number of hydrogen-bond donors (Lipinski definition) is 0. The fourth-order valence-corrected chi connectivity index (χ4v) is 9.48. The summed E-state index contributed by atoms with van der Waals surface area (Å²) in [6.45, 7) is 0. The monoisotopic (exact) mass is 676 g/mol. The van der Waals surface area contributed by atoms with E-state index in [0.717, 1.165) is 59.6 Å². The standard InChI is InChI=1S/C51H36N2/c1-2-12-33(13-3-1)35-22-25-36(26-23-35)48-32-49(53-50(52-48)39-27-24-34-14-4-5-15-37(34)30-39)38-28-29-43-42-18-8-11-21-46(42)51(47(43)31-38)44-19-9-6-16-40(44)41-17-7-10-20-45(41)51/h1-4,6-10,12-14,16-20,22-32H,5,11,15,21H2. The van der Waals surface area contributed by atoms with Crippen LogP contribution in [0.25, 0.3) is 67.8 Å². The molecule has 0 radical (unpaired) electrons. The van der Waals surface area contributed by atoms with Crippen LogP contribution in [0.2, 0.25) is 0 Å². The van der Waals surface area contributed by atoms with Crippen molar-refractivity contribution in [3.63, 3.8) is 0 Å². The molecule has 4 aliphatic rings. The van der Waals surface area contributed by atoms with Gasteiger partial charge >= 0.3 is 0 Å². The third-order valence-corrected chi connectivity index (χ3v) is 11.9. The van der Waals surface area contributed by atoms with Crippen molar-refractivity contribution in [1.82, 2.24) is 9.97 Å². The molecule has 0 saturated carbocycles. The maximum absolute atomic E-state index is 5.38. The molecule has 1 aromatic heterocycles. The number of hydrogen-bond acceptors (Lipinski definition) is 2. The number of nitrogens with zero attached hydrogens (tertiary/aromatic N) is 2. The third-order valence-electron chi connectivity index (χ3n) is 11.9. The molecular formula is C51H36N2. The van der Waals surface area contributed by atoms with Gasteiger partial charge in [0.25, 0.3) is 0 Å². The fraction of sp³-hybridized carbons (Fsp3) is 0.0980. The summed E-state index contributed by atoms with van der Waals surface area (Å²) in [5, 5.41) is 0. The molecule has 0 bridgehead atoms. The van der Waals surface area contributed by atoms with E-state index < -0.39 is 0 Å². The summed E-state index contributed by atoms with van der Waals surface area (Å²) < 4.78 is 0. The van der Waals surface area contributed by atoms with Gasteiger partial charge in [0.05, 0.1) is 16.8 Å². The number of aryl methyl sites for hydroxylation is 1. The molecule has 0 saturated heterocycles. The average Bonchev–Trinajstić information content (AvgIpc) is 3.71. The zero-order chi connectivity index (χ0) is 34.9. The Morgan fingerprint density at radius 1 is 0.434 bits per heavy atom. The zero-order valence-electron chi connectivity index (χ0n) is 29.4. The summed E-state index contributed by atoms with van der Waals surface area (Å²) >= 11 is 0. The van der Waals surface area contributed by atoms with Gasteiger partial charge in [-0.3, -0.25) is 0 Å². The van der Waals surface area contributed by atoms with E-state index in [2.05, 4.69) is 170 Å². The Labute approximate surface area is 310 Å². The molecule has 0 amide bonds. The van der Waals surface area contributed by atoms with Crippen LogP contribution in [0.4, 0.5) is 0 Å². The van der Waals surface area contributed by atoms with E-state index >= 15 is 0 Å². The second kappa shape index (κ2) is 11.8. The molecule has 1 spiro atoms. The van der Waals surface area contributed by atoms with Crippen molar-refractivity contribution >= 4 is 11.6 Å². The predicted molar refractivity (Wildman–Crippen MR) is 218 cm³/mol. The number of aromatic nitrogens is 2. The van der Waals surface area contributed by atoms with Crippen LogP contribution in [0.5, 0.6) is 0 Å². The van der Waals surface area contributed by atoms with Crippen molar-refractivity contribution in [2.75, 3.05) is 0 Å². The van der Waals surface area contributed by atoms with Gasteiger partial charge in [-0.15, -0.1) is 0 Å². The normalized spacial score (nSPS) is 15.5. The van der Waals surface area contributed by atoms with Crippen molar-refractivity contribution in [2.45, 2.75) is 31.1 Å². The van der Waals surface area contributed by atoms with E-state index in [1.165, 1.54) is 66.8 Å². The molecule has 4 aliphatic carbocycles. The number of fused-ring (bicyclic) bond motifs is 10. The summed E-state index contributed by atoms with van der Waals surface area (Å²) in [6.07, 6.45) is 13.4. The quantitative estimate of drug-likeness (QED) is 0.185. The first-order valence-corrected chi connectivity index (χ1v) is 18.9. The molecule has 1 heterocycles. The highest BCUT2D eigenvalue weighted by molar-refractivity contribution is 5.97. The van der Waals surface area contributed by atoms with Crippen molar-refractivity contribution < 1.29 is 0 Å². The Bertz CT molecular complexity index is 2660. The van der Waals surface area contributed by atoms with Gasteiger partial charge in [-0.05, 0) is 111 Å². The minimum absolute atomic E-state index is 0.323. The van der Waals surface area contributed by atoms with Gasteiger partial charge in [0.15, 0.2) is 5.82 Å². The number of benzene rings is 6. The Morgan fingerprint density at radius 2 is 1.06 bits per heavy atom. The van der Waals surface area contributed by atoms with Crippen LogP contribution in [0.3, 0.4) is 0 Å². The maximum Gasteiger partial charge on any atom is 0.160 e. The highest BCUT2D eigenvalue weighted by Crippen LogP contribution is 2.63. The summed E-state index contributed by atoms with van der Waals surface area (Å²) in [4.78, 5) is 10.6. The highest BCUT2D eigenvalue weighted by atomic mass is 14.9. The summed E-state index contributed by atoms with van der Waals surface area (Å²) in [5.41, 5.74) is 20.9. The van der Waals surface area contributed by atoms with E-state index in [1.54, 1.807) is 0 Å². The van der Waals surface area contributed by atoms with Gasteiger partial charge in [0.2, 0.25) is 0 Å². The van der Waals surface area contributed by atoms with Crippen LogP contribution in [-0.4, -0.2) is 9.97 Å². The van der Waals surface area contributed by atoms with Crippen molar-refractivity contribution in [3.05, 3.63) is 203 Å². The van der Waals surface area contributed by atoms with Gasteiger partial charge in [-0.2, -0.15) is 0 Å². The Hall–Kier alpha value is -6.38. The minimum atomic E-state index is -0.323. The van der Waals surface area contributed by atoms with Crippen molar-refractivity contribution in [2.24, 2.45) is 0 Å². The van der Waals surface area contributed by atoms with Crippen LogP contribution in [-0.2, 0) is 11.8 Å². The molecule has 2 heteroatoms. The zero-order valence-corrected chi connectivity index (χ0v) is 29.4. The van der Waals surface area contributed by atoms with Gasteiger partial charge < -0.3 is 0 Å². The van der Waals surface area contributed by atoms with Crippen LogP contribution in [0.15, 0.2) is 169 Å². The summed E-state index contributed by atoms with van der Waals surface area (Å²) in [5.74, 6) is 0.758. The second-order valence-corrected chi connectivity index (χ2v) is 14.7.